The van der Waals surface area contributed by atoms with Crippen molar-refractivity contribution in [3.63, 3.8) is 0 Å². The van der Waals surface area contributed by atoms with Gasteiger partial charge in [-0.25, -0.2) is 4.98 Å². The SMILES string of the molecule is O=C(Nc1nc(-c2cccc3ccccc23)cs1)c1ccc(C(F)(F)F)cc1. The standard InChI is InChI=1S/C21H13F3N2OS/c22-21(23,24)15-10-8-14(9-11-15)19(27)26-20-25-18(12-28-20)17-7-3-5-13-4-1-2-6-16(13)17/h1-12H,(H,25,26,27). The minimum absolute atomic E-state index is 0.134. The minimum atomic E-state index is -4.43. The Morgan fingerprint density at radius 1 is 0.929 bits per heavy atom. The van der Waals surface area contributed by atoms with Crippen LogP contribution in [0.15, 0.2) is 72.1 Å². The fourth-order valence-corrected chi connectivity index (χ4v) is 3.59. The maximum Gasteiger partial charge on any atom is 0.416 e. The number of nitrogens with one attached hydrogen (secondary N) is 1. The number of aromatic nitrogens is 1. The van der Waals surface area contributed by atoms with Crippen molar-refractivity contribution in [3.8, 4) is 11.3 Å². The molecular formula is C21H13F3N2OS. The zero-order chi connectivity index (χ0) is 19.7. The average molecular weight is 398 g/mol. The molecule has 1 aromatic heterocycles. The van der Waals surface area contributed by atoms with Crippen LogP contribution in [0.25, 0.3) is 22.0 Å². The molecule has 1 amide bonds. The normalized spacial score (nSPS) is 11.5. The van der Waals surface area contributed by atoms with E-state index in [9.17, 15) is 18.0 Å². The van der Waals surface area contributed by atoms with Crippen LogP contribution in [0.1, 0.15) is 15.9 Å². The number of rotatable bonds is 3. The Labute approximate surface area is 162 Å². The highest BCUT2D eigenvalue weighted by Crippen LogP contribution is 2.32. The first-order chi connectivity index (χ1) is 13.4. The number of nitrogens with zero attached hydrogens (tertiary/aromatic N) is 1. The van der Waals surface area contributed by atoms with Gasteiger partial charge in [0.1, 0.15) is 0 Å². The van der Waals surface area contributed by atoms with Crippen LogP contribution in [0.5, 0.6) is 0 Å². The monoisotopic (exact) mass is 398 g/mol. The molecule has 0 atom stereocenters. The summed E-state index contributed by atoms with van der Waals surface area (Å²) in [6.45, 7) is 0. The molecule has 1 N–H and O–H groups in total. The van der Waals surface area contributed by atoms with E-state index in [0.717, 1.165) is 46.3 Å². The highest BCUT2D eigenvalue weighted by atomic mass is 32.1. The van der Waals surface area contributed by atoms with E-state index >= 15 is 0 Å². The summed E-state index contributed by atoms with van der Waals surface area (Å²) in [6.07, 6.45) is -4.43. The molecule has 0 unspecified atom stereocenters. The van der Waals surface area contributed by atoms with Crippen molar-refractivity contribution in [1.82, 2.24) is 4.98 Å². The molecule has 3 aromatic carbocycles. The van der Waals surface area contributed by atoms with E-state index in [-0.39, 0.29) is 5.56 Å². The first-order valence-electron chi connectivity index (χ1n) is 8.34. The summed E-state index contributed by atoms with van der Waals surface area (Å²) in [5.41, 5.74) is 1.01. The van der Waals surface area contributed by atoms with Gasteiger partial charge in [-0.05, 0) is 35.0 Å². The van der Waals surface area contributed by atoms with Crippen LogP contribution in [0, 0.1) is 0 Å². The van der Waals surface area contributed by atoms with Gasteiger partial charge in [0.05, 0.1) is 11.3 Å². The molecule has 0 aliphatic carbocycles. The lowest BCUT2D eigenvalue weighted by Gasteiger charge is -2.07. The van der Waals surface area contributed by atoms with E-state index < -0.39 is 17.6 Å². The number of anilines is 1. The number of hydrogen-bond acceptors (Lipinski definition) is 3. The highest BCUT2D eigenvalue weighted by Gasteiger charge is 2.30. The summed E-state index contributed by atoms with van der Waals surface area (Å²) in [6, 6.07) is 17.9. The molecule has 0 bridgehead atoms. The molecular weight excluding hydrogens is 385 g/mol. The second-order valence-electron chi connectivity index (χ2n) is 6.09. The summed E-state index contributed by atoms with van der Waals surface area (Å²) in [5.74, 6) is -0.507. The molecule has 4 aromatic rings. The maximum absolute atomic E-state index is 12.6. The molecule has 0 aliphatic rings. The Balaban J connectivity index is 1.56. The quantitative estimate of drug-likeness (QED) is 0.444. The molecule has 0 saturated heterocycles. The number of amides is 1. The second-order valence-corrected chi connectivity index (χ2v) is 6.95. The fraction of sp³-hybridized carbons (Fsp3) is 0.0476. The van der Waals surface area contributed by atoms with Gasteiger partial charge < -0.3 is 0 Å². The first kappa shape index (κ1) is 18.2. The van der Waals surface area contributed by atoms with Gasteiger partial charge in [0.15, 0.2) is 5.13 Å². The Bertz CT molecular complexity index is 1140. The third kappa shape index (κ3) is 3.61. The van der Waals surface area contributed by atoms with Crippen LogP contribution in [0.3, 0.4) is 0 Å². The first-order valence-corrected chi connectivity index (χ1v) is 9.22. The molecule has 7 heteroatoms. The van der Waals surface area contributed by atoms with Gasteiger partial charge in [-0.2, -0.15) is 13.2 Å². The van der Waals surface area contributed by atoms with Crippen molar-refractivity contribution in [2.45, 2.75) is 6.18 Å². The Morgan fingerprint density at radius 2 is 1.64 bits per heavy atom. The summed E-state index contributed by atoms with van der Waals surface area (Å²) >= 11 is 1.26. The minimum Gasteiger partial charge on any atom is -0.298 e. The Kier molecular flexibility index (Phi) is 4.60. The molecule has 1 heterocycles. The number of carbonyl (C=O) groups excluding carboxylic acids is 1. The van der Waals surface area contributed by atoms with Crippen molar-refractivity contribution < 1.29 is 18.0 Å². The molecule has 0 fully saturated rings. The van der Waals surface area contributed by atoms with Crippen molar-refractivity contribution in [3.05, 3.63) is 83.2 Å². The van der Waals surface area contributed by atoms with Gasteiger partial charge in [0, 0.05) is 16.5 Å². The van der Waals surface area contributed by atoms with E-state index in [4.69, 9.17) is 0 Å². The predicted molar refractivity (Wildman–Crippen MR) is 104 cm³/mol. The fourth-order valence-electron chi connectivity index (χ4n) is 2.88. The van der Waals surface area contributed by atoms with E-state index in [0.29, 0.717) is 5.13 Å². The summed E-state index contributed by atoms with van der Waals surface area (Å²) in [7, 11) is 0. The Hall–Kier alpha value is -3.19. The number of thiazole rings is 1. The van der Waals surface area contributed by atoms with Crippen LogP contribution in [-0.2, 0) is 6.18 Å². The molecule has 0 spiro atoms. The maximum atomic E-state index is 12.6. The van der Waals surface area contributed by atoms with Crippen LogP contribution >= 0.6 is 11.3 Å². The van der Waals surface area contributed by atoms with Gasteiger partial charge in [-0.1, -0.05) is 42.5 Å². The average Bonchev–Trinajstić information content (AvgIpc) is 3.15. The predicted octanol–water partition coefficient (Wildman–Crippen LogP) is 6.23. The lowest BCUT2D eigenvalue weighted by Crippen LogP contribution is -2.12. The van der Waals surface area contributed by atoms with Crippen LogP contribution in [0.2, 0.25) is 0 Å². The van der Waals surface area contributed by atoms with Crippen LogP contribution in [-0.4, -0.2) is 10.9 Å². The van der Waals surface area contributed by atoms with Crippen molar-refractivity contribution >= 4 is 33.1 Å². The lowest BCUT2D eigenvalue weighted by atomic mass is 10.0. The number of benzene rings is 3. The summed E-state index contributed by atoms with van der Waals surface area (Å²) in [5, 5.41) is 7.00. The summed E-state index contributed by atoms with van der Waals surface area (Å²) < 4.78 is 37.9. The topological polar surface area (TPSA) is 42.0 Å². The number of hydrogen-bond donors (Lipinski definition) is 1. The smallest absolute Gasteiger partial charge is 0.298 e. The third-order valence-electron chi connectivity index (χ3n) is 4.26. The van der Waals surface area contributed by atoms with Crippen molar-refractivity contribution in [1.29, 1.82) is 0 Å². The van der Waals surface area contributed by atoms with Crippen molar-refractivity contribution in [2.75, 3.05) is 5.32 Å². The van der Waals surface area contributed by atoms with Gasteiger partial charge >= 0.3 is 6.18 Å². The number of alkyl halides is 3. The number of carbonyl (C=O) groups is 1. The molecule has 0 aliphatic heterocycles. The van der Waals surface area contributed by atoms with Crippen LogP contribution in [0.4, 0.5) is 18.3 Å². The van der Waals surface area contributed by atoms with Gasteiger partial charge in [0.25, 0.3) is 5.91 Å². The molecule has 0 saturated carbocycles. The zero-order valence-electron chi connectivity index (χ0n) is 14.3. The molecule has 140 valence electrons. The van der Waals surface area contributed by atoms with E-state index in [1.54, 1.807) is 0 Å². The van der Waals surface area contributed by atoms with Gasteiger partial charge in [-0.3, -0.25) is 10.1 Å². The van der Waals surface area contributed by atoms with Crippen LogP contribution < -0.4 is 5.32 Å². The zero-order valence-corrected chi connectivity index (χ0v) is 15.1. The van der Waals surface area contributed by atoms with E-state index in [1.165, 1.54) is 11.3 Å². The van der Waals surface area contributed by atoms with E-state index in [2.05, 4.69) is 10.3 Å². The molecule has 28 heavy (non-hydrogen) atoms. The van der Waals surface area contributed by atoms with Gasteiger partial charge in [0.2, 0.25) is 0 Å². The largest absolute Gasteiger partial charge is 0.416 e. The molecule has 3 nitrogen and oxygen atoms in total. The number of halogens is 3. The lowest BCUT2D eigenvalue weighted by molar-refractivity contribution is -0.137. The summed E-state index contributed by atoms with van der Waals surface area (Å²) in [4.78, 5) is 16.8. The molecule has 4 rings (SSSR count). The van der Waals surface area contributed by atoms with Crippen molar-refractivity contribution in [2.24, 2.45) is 0 Å². The Morgan fingerprint density at radius 3 is 2.39 bits per heavy atom. The second kappa shape index (κ2) is 7.09. The van der Waals surface area contributed by atoms with Gasteiger partial charge in [-0.15, -0.1) is 11.3 Å². The number of fused-ring (bicyclic) bond motifs is 1. The molecule has 0 radical (unpaired) electrons. The third-order valence-corrected chi connectivity index (χ3v) is 5.02. The highest BCUT2D eigenvalue weighted by molar-refractivity contribution is 7.14. The van der Waals surface area contributed by atoms with E-state index in [1.807, 2.05) is 47.8 Å².